The van der Waals surface area contributed by atoms with E-state index in [2.05, 4.69) is 0 Å². The van der Waals surface area contributed by atoms with Gasteiger partial charge < -0.3 is 14.2 Å². The molecule has 0 aromatic heterocycles. The van der Waals surface area contributed by atoms with Crippen molar-refractivity contribution in [3.8, 4) is 0 Å². The number of hydrogen-bond acceptors (Lipinski definition) is 4. The molecular formula is C11H21O5P. The second-order valence-corrected chi connectivity index (χ2v) is 6.45. The van der Waals surface area contributed by atoms with Crippen LogP contribution >= 0.6 is 7.60 Å². The molecule has 0 radical (unpaired) electrons. The Labute approximate surface area is 102 Å². The van der Waals surface area contributed by atoms with Crippen molar-refractivity contribution in [2.75, 3.05) is 19.4 Å². The van der Waals surface area contributed by atoms with Crippen molar-refractivity contribution in [2.45, 2.75) is 39.5 Å². The van der Waals surface area contributed by atoms with Gasteiger partial charge >= 0.3 is 13.6 Å². The lowest BCUT2D eigenvalue weighted by Gasteiger charge is -2.28. The maximum absolute atomic E-state index is 12.4. The number of rotatable bonds is 7. The van der Waals surface area contributed by atoms with Crippen molar-refractivity contribution < 1.29 is 23.5 Å². The molecule has 0 atom stereocenters. The molecule has 1 rings (SSSR count). The zero-order valence-corrected chi connectivity index (χ0v) is 11.4. The van der Waals surface area contributed by atoms with E-state index in [-0.39, 0.29) is 19.4 Å². The molecule has 1 saturated carbocycles. The molecule has 0 bridgehead atoms. The SMILES string of the molecule is CCOP(=O)(CC1(C(=O)O)CCCC1)OCC. The lowest BCUT2D eigenvalue weighted by Crippen LogP contribution is -2.32. The van der Waals surface area contributed by atoms with Crippen LogP contribution in [0.15, 0.2) is 0 Å². The molecule has 0 amide bonds. The van der Waals surface area contributed by atoms with Crippen LogP contribution in [0.5, 0.6) is 0 Å². The summed E-state index contributed by atoms with van der Waals surface area (Å²) in [6, 6.07) is 0. The maximum Gasteiger partial charge on any atom is 0.331 e. The fraction of sp³-hybridized carbons (Fsp3) is 0.909. The van der Waals surface area contributed by atoms with Crippen molar-refractivity contribution in [1.29, 1.82) is 0 Å². The molecule has 1 N–H and O–H groups in total. The molecule has 0 aromatic rings. The molecule has 0 spiro atoms. The fourth-order valence-corrected chi connectivity index (χ4v) is 4.62. The summed E-state index contributed by atoms with van der Waals surface area (Å²) in [5.74, 6) is -0.880. The molecule has 17 heavy (non-hydrogen) atoms. The highest BCUT2D eigenvalue weighted by molar-refractivity contribution is 7.53. The Morgan fingerprint density at radius 2 is 1.71 bits per heavy atom. The van der Waals surface area contributed by atoms with E-state index in [1.165, 1.54) is 0 Å². The van der Waals surface area contributed by atoms with Crippen LogP contribution in [0.1, 0.15) is 39.5 Å². The van der Waals surface area contributed by atoms with E-state index in [4.69, 9.17) is 9.05 Å². The second-order valence-electron chi connectivity index (χ2n) is 4.40. The summed E-state index contributed by atoms with van der Waals surface area (Å²) in [4.78, 5) is 11.4. The predicted octanol–water partition coefficient (Wildman–Crippen LogP) is 2.90. The van der Waals surface area contributed by atoms with Crippen LogP contribution in [0, 0.1) is 5.41 Å². The minimum absolute atomic E-state index is 0.00296. The summed E-state index contributed by atoms with van der Waals surface area (Å²) in [6.45, 7) is 4.00. The predicted molar refractivity (Wildman–Crippen MR) is 64.3 cm³/mol. The zero-order valence-electron chi connectivity index (χ0n) is 10.5. The number of hydrogen-bond donors (Lipinski definition) is 1. The van der Waals surface area contributed by atoms with E-state index < -0.39 is 19.0 Å². The quantitative estimate of drug-likeness (QED) is 0.716. The van der Waals surface area contributed by atoms with Crippen molar-refractivity contribution in [3.05, 3.63) is 0 Å². The van der Waals surface area contributed by atoms with Gasteiger partial charge in [-0.15, -0.1) is 0 Å². The minimum Gasteiger partial charge on any atom is -0.481 e. The van der Waals surface area contributed by atoms with Crippen LogP contribution in [0.2, 0.25) is 0 Å². The van der Waals surface area contributed by atoms with E-state index in [1.807, 2.05) is 0 Å². The number of carboxylic acid groups (broad SMARTS) is 1. The monoisotopic (exact) mass is 264 g/mol. The Morgan fingerprint density at radius 1 is 1.24 bits per heavy atom. The third-order valence-electron chi connectivity index (χ3n) is 3.16. The Balaban J connectivity index is 2.83. The van der Waals surface area contributed by atoms with Gasteiger partial charge in [0.25, 0.3) is 0 Å². The smallest absolute Gasteiger partial charge is 0.331 e. The molecule has 0 heterocycles. The van der Waals surface area contributed by atoms with Crippen LogP contribution in [-0.2, 0) is 18.4 Å². The first-order valence-corrected chi connectivity index (χ1v) is 7.82. The van der Waals surface area contributed by atoms with Crippen molar-refractivity contribution in [1.82, 2.24) is 0 Å². The Morgan fingerprint density at radius 3 is 2.06 bits per heavy atom. The average Bonchev–Trinajstić information content (AvgIpc) is 2.67. The topological polar surface area (TPSA) is 72.8 Å². The molecule has 6 heteroatoms. The summed E-state index contributed by atoms with van der Waals surface area (Å²) in [6.07, 6.45) is 2.85. The first-order chi connectivity index (χ1) is 7.98. The molecule has 0 saturated heterocycles. The standard InChI is InChI=1S/C11H21O5P/c1-3-15-17(14,16-4-2)9-11(10(12)13)7-5-6-8-11/h3-9H2,1-2H3,(H,12,13). The normalized spacial score (nSPS) is 19.4. The molecule has 0 unspecified atom stereocenters. The third-order valence-corrected chi connectivity index (χ3v) is 5.46. The van der Waals surface area contributed by atoms with Crippen LogP contribution in [0.25, 0.3) is 0 Å². The summed E-state index contributed by atoms with van der Waals surface area (Å²) in [5, 5.41) is 9.33. The highest BCUT2D eigenvalue weighted by Crippen LogP contribution is 2.56. The van der Waals surface area contributed by atoms with Gasteiger partial charge in [0.05, 0.1) is 24.8 Å². The van der Waals surface area contributed by atoms with Crippen LogP contribution < -0.4 is 0 Å². The average molecular weight is 264 g/mol. The third kappa shape index (κ3) is 3.54. The van der Waals surface area contributed by atoms with E-state index in [1.54, 1.807) is 13.8 Å². The minimum atomic E-state index is -3.27. The van der Waals surface area contributed by atoms with Crippen molar-refractivity contribution in [3.63, 3.8) is 0 Å². The van der Waals surface area contributed by atoms with E-state index in [9.17, 15) is 14.5 Å². The Bertz CT molecular complexity index is 299. The van der Waals surface area contributed by atoms with Crippen molar-refractivity contribution >= 4 is 13.6 Å². The van der Waals surface area contributed by atoms with Gasteiger partial charge in [-0.1, -0.05) is 12.8 Å². The van der Waals surface area contributed by atoms with Gasteiger partial charge in [-0.3, -0.25) is 9.36 Å². The Kier molecular flexibility index (Phi) is 5.17. The Hall–Kier alpha value is -0.380. The molecule has 0 aromatic carbocycles. The van der Waals surface area contributed by atoms with Crippen LogP contribution in [0.3, 0.4) is 0 Å². The maximum atomic E-state index is 12.4. The molecule has 1 fully saturated rings. The number of carbonyl (C=O) groups is 1. The molecule has 5 nitrogen and oxygen atoms in total. The summed E-state index contributed by atoms with van der Waals surface area (Å²) >= 11 is 0. The first kappa shape index (κ1) is 14.7. The summed E-state index contributed by atoms with van der Waals surface area (Å²) in [5.41, 5.74) is -0.917. The molecule has 100 valence electrons. The van der Waals surface area contributed by atoms with Crippen LogP contribution in [0.4, 0.5) is 0 Å². The molecule has 1 aliphatic rings. The van der Waals surface area contributed by atoms with Gasteiger partial charge in [0.1, 0.15) is 0 Å². The largest absolute Gasteiger partial charge is 0.481 e. The molecule has 1 aliphatic carbocycles. The van der Waals surface area contributed by atoms with E-state index in [0.717, 1.165) is 12.8 Å². The van der Waals surface area contributed by atoms with Gasteiger partial charge in [0.2, 0.25) is 0 Å². The van der Waals surface area contributed by atoms with Gasteiger partial charge in [-0.25, -0.2) is 0 Å². The summed E-state index contributed by atoms with van der Waals surface area (Å²) < 4.78 is 22.7. The zero-order chi connectivity index (χ0) is 12.9. The van der Waals surface area contributed by atoms with E-state index >= 15 is 0 Å². The fourth-order valence-electron chi connectivity index (χ4n) is 2.38. The number of carboxylic acids is 1. The molecular weight excluding hydrogens is 243 g/mol. The molecule has 0 aliphatic heterocycles. The second kappa shape index (κ2) is 5.98. The highest BCUT2D eigenvalue weighted by Gasteiger charge is 2.47. The highest BCUT2D eigenvalue weighted by atomic mass is 31.2. The van der Waals surface area contributed by atoms with Gasteiger partial charge in [-0.05, 0) is 26.7 Å². The number of aliphatic carboxylic acids is 1. The van der Waals surface area contributed by atoms with Gasteiger partial charge in [-0.2, -0.15) is 0 Å². The first-order valence-electron chi connectivity index (χ1n) is 6.09. The van der Waals surface area contributed by atoms with Gasteiger partial charge in [0.15, 0.2) is 0 Å². The van der Waals surface area contributed by atoms with Gasteiger partial charge in [0, 0.05) is 0 Å². The summed E-state index contributed by atoms with van der Waals surface area (Å²) in [7, 11) is -3.27. The van der Waals surface area contributed by atoms with Crippen molar-refractivity contribution in [2.24, 2.45) is 5.41 Å². The van der Waals surface area contributed by atoms with E-state index in [0.29, 0.717) is 12.8 Å². The lowest BCUT2D eigenvalue weighted by molar-refractivity contribution is -0.147. The van der Waals surface area contributed by atoms with Crippen LogP contribution in [-0.4, -0.2) is 30.5 Å². The lowest BCUT2D eigenvalue weighted by atomic mass is 9.89.